The first-order valence-corrected chi connectivity index (χ1v) is 2.60. The molecular formula is C5H4N2O4. The smallest absolute Gasteiger partial charge is 0.341 e. The molecule has 0 aliphatic heterocycles. The Balaban J connectivity index is 3.16. The molecule has 1 amide bonds. The van der Waals surface area contributed by atoms with Gasteiger partial charge >= 0.3 is 5.97 Å². The number of carbonyl (C=O) groups is 2. The third-order valence-corrected chi connectivity index (χ3v) is 1.02. The van der Waals surface area contributed by atoms with Crippen LogP contribution in [0.3, 0.4) is 0 Å². The number of carboxylic acid groups (broad SMARTS) is 1. The zero-order valence-corrected chi connectivity index (χ0v) is 5.27. The fraction of sp³-hybridized carbons (Fsp3) is 0. The Hall–Kier alpha value is -1.85. The van der Waals surface area contributed by atoms with E-state index in [4.69, 9.17) is 10.8 Å². The lowest BCUT2D eigenvalue weighted by Gasteiger charge is -1.87. The van der Waals surface area contributed by atoms with E-state index in [2.05, 4.69) is 9.68 Å². The van der Waals surface area contributed by atoms with Crippen molar-refractivity contribution in [2.75, 3.05) is 0 Å². The van der Waals surface area contributed by atoms with Gasteiger partial charge in [0, 0.05) is 0 Å². The third-order valence-electron chi connectivity index (χ3n) is 1.02. The summed E-state index contributed by atoms with van der Waals surface area (Å²) < 4.78 is 4.28. The van der Waals surface area contributed by atoms with Crippen molar-refractivity contribution < 1.29 is 19.2 Å². The van der Waals surface area contributed by atoms with Crippen LogP contribution in [0.5, 0.6) is 0 Å². The highest BCUT2D eigenvalue weighted by Crippen LogP contribution is 2.05. The molecule has 0 atom stereocenters. The summed E-state index contributed by atoms with van der Waals surface area (Å²) in [5, 5.41) is 11.5. The normalized spacial score (nSPS) is 9.45. The highest BCUT2D eigenvalue weighted by Gasteiger charge is 2.18. The van der Waals surface area contributed by atoms with Gasteiger partial charge in [-0.1, -0.05) is 5.16 Å². The second-order valence-corrected chi connectivity index (χ2v) is 1.74. The van der Waals surface area contributed by atoms with E-state index in [1.165, 1.54) is 0 Å². The molecule has 0 fully saturated rings. The first-order valence-electron chi connectivity index (χ1n) is 2.60. The largest absolute Gasteiger partial charge is 0.477 e. The summed E-state index contributed by atoms with van der Waals surface area (Å²) in [6.45, 7) is 0. The second-order valence-electron chi connectivity index (χ2n) is 1.74. The third kappa shape index (κ3) is 1.18. The molecule has 0 aromatic carbocycles. The predicted octanol–water partition coefficient (Wildman–Crippen LogP) is -0.528. The quantitative estimate of drug-likeness (QED) is 0.598. The average Bonchev–Trinajstić information content (AvgIpc) is 2.32. The number of primary amides is 1. The molecule has 1 aromatic rings. The van der Waals surface area contributed by atoms with E-state index in [0.717, 1.165) is 6.20 Å². The second kappa shape index (κ2) is 2.41. The molecule has 3 N–H and O–H groups in total. The van der Waals surface area contributed by atoms with Crippen molar-refractivity contribution in [3.8, 4) is 0 Å². The van der Waals surface area contributed by atoms with Crippen molar-refractivity contribution in [3.63, 3.8) is 0 Å². The number of carbonyl (C=O) groups excluding carboxylic acids is 1. The first-order chi connectivity index (χ1) is 5.13. The summed E-state index contributed by atoms with van der Waals surface area (Å²) >= 11 is 0. The van der Waals surface area contributed by atoms with Crippen molar-refractivity contribution in [2.45, 2.75) is 0 Å². The van der Waals surface area contributed by atoms with Crippen molar-refractivity contribution in [1.29, 1.82) is 0 Å². The van der Waals surface area contributed by atoms with Gasteiger partial charge in [-0.05, 0) is 0 Å². The molecule has 1 rings (SSSR count). The highest BCUT2D eigenvalue weighted by molar-refractivity contribution is 6.01. The minimum atomic E-state index is -1.29. The van der Waals surface area contributed by atoms with Crippen LogP contribution in [0.1, 0.15) is 20.9 Å². The van der Waals surface area contributed by atoms with Gasteiger partial charge in [0.2, 0.25) is 5.76 Å². The van der Waals surface area contributed by atoms with Gasteiger partial charge in [-0.3, -0.25) is 4.79 Å². The van der Waals surface area contributed by atoms with Crippen molar-refractivity contribution >= 4 is 11.9 Å². The Morgan fingerprint density at radius 3 is 2.64 bits per heavy atom. The van der Waals surface area contributed by atoms with Gasteiger partial charge in [0.25, 0.3) is 5.91 Å². The zero-order valence-electron chi connectivity index (χ0n) is 5.27. The van der Waals surface area contributed by atoms with E-state index >= 15 is 0 Å². The maximum atomic E-state index is 10.4. The fourth-order valence-electron chi connectivity index (χ4n) is 0.570. The Kier molecular flexibility index (Phi) is 1.59. The Morgan fingerprint density at radius 2 is 2.27 bits per heavy atom. The molecule has 0 saturated carbocycles. The van der Waals surface area contributed by atoms with Crippen LogP contribution in [0.25, 0.3) is 0 Å². The van der Waals surface area contributed by atoms with Gasteiger partial charge in [-0.25, -0.2) is 4.79 Å². The van der Waals surface area contributed by atoms with Crippen molar-refractivity contribution in [1.82, 2.24) is 5.16 Å². The molecule has 6 nitrogen and oxygen atoms in total. The number of rotatable bonds is 2. The van der Waals surface area contributed by atoms with Crippen LogP contribution in [0.4, 0.5) is 0 Å². The molecular weight excluding hydrogens is 152 g/mol. The Morgan fingerprint density at radius 1 is 1.64 bits per heavy atom. The molecule has 0 bridgehead atoms. The number of aromatic carboxylic acids is 1. The number of nitrogens with zero attached hydrogens (tertiary/aromatic N) is 1. The lowest BCUT2D eigenvalue weighted by atomic mass is 10.2. The van der Waals surface area contributed by atoms with Gasteiger partial charge in [0.15, 0.2) is 0 Å². The van der Waals surface area contributed by atoms with E-state index in [0.29, 0.717) is 0 Å². The van der Waals surface area contributed by atoms with Gasteiger partial charge in [0.05, 0.1) is 6.20 Å². The molecule has 58 valence electrons. The molecule has 1 aromatic heterocycles. The van der Waals surface area contributed by atoms with E-state index < -0.39 is 17.6 Å². The highest BCUT2D eigenvalue weighted by atomic mass is 16.5. The maximum Gasteiger partial charge on any atom is 0.341 e. The monoisotopic (exact) mass is 156 g/mol. The molecule has 0 radical (unpaired) electrons. The van der Waals surface area contributed by atoms with Crippen LogP contribution < -0.4 is 5.73 Å². The number of aromatic nitrogens is 1. The van der Waals surface area contributed by atoms with Gasteiger partial charge in [0.1, 0.15) is 5.56 Å². The van der Waals surface area contributed by atoms with Crippen LogP contribution in [0, 0.1) is 0 Å². The van der Waals surface area contributed by atoms with Crippen molar-refractivity contribution in [3.05, 3.63) is 17.5 Å². The molecule has 1 heterocycles. The minimum absolute atomic E-state index is 0.322. The lowest BCUT2D eigenvalue weighted by Crippen LogP contribution is -2.13. The molecule has 6 heteroatoms. The summed E-state index contributed by atoms with van der Waals surface area (Å²) in [7, 11) is 0. The lowest BCUT2D eigenvalue weighted by molar-refractivity contribution is 0.0689. The van der Waals surface area contributed by atoms with Gasteiger partial charge in [-0.15, -0.1) is 0 Å². The van der Waals surface area contributed by atoms with Crippen molar-refractivity contribution in [2.24, 2.45) is 5.73 Å². The summed E-state index contributed by atoms with van der Waals surface area (Å²) in [5.41, 5.74) is 4.44. The van der Waals surface area contributed by atoms with E-state index in [1.807, 2.05) is 0 Å². The number of amides is 1. The summed E-state index contributed by atoms with van der Waals surface area (Å²) in [5.74, 6) is -2.67. The first kappa shape index (κ1) is 7.26. The zero-order chi connectivity index (χ0) is 8.43. The Labute approximate surface area is 60.6 Å². The van der Waals surface area contributed by atoms with Gasteiger partial charge in [-0.2, -0.15) is 0 Å². The maximum absolute atomic E-state index is 10.4. The van der Waals surface area contributed by atoms with E-state index in [-0.39, 0.29) is 5.56 Å². The number of nitrogens with two attached hydrogens (primary N) is 1. The molecule has 0 spiro atoms. The van der Waals surface area contributed by atoms with E-state index in [1.54, 1.807) is 0 Å². The summed E-state index contributed by atoms with van der Waals surface area (Å²) in [6.07, 6.45) is 0.919. The van der Waals surface area contributed by atoms with Gasteiger partial charge < -0.3 is 15.4 Å². The molecule has 0 aliphatic rings. The van der Waals surface area contributed by atoms with Crippen LogP contribution >= 0.6 is 0 Å². The average molecular weight is 156 g/mol. The number of carboxylic acids is 1. The SMILES string of the molecule is NC(=O)c1oncc1C(=O)O. The summed E-state index contributed by atoms with van der Waals surface area (Å²) in [6, 6.07) is 0. The molecule has 0 aliphatic carbocycles. The molecule has 0 saturated heterocycles. The predicted molar refractivity (Wildman–Crippen MR) is 32.0 cm³/mol. The molecule has 11 heavy (non-hydrogen) atoms. The Bertz CT molecular complexity index is 275. The minimum Gasteiger partial charge on any atom is -0.477 e. The van der Waals surface area contributed by atoms with E-state index in [9.17, 15) is 9.59 Å². The molecule has 0 unspecified atom stereocenters. The van der Waals surface area contributed by atoms with Crippen LogP contribution in [-0.2, 0) is 0 Å². The van der Waals surface area contributed by atoms with Crippen LogP contribution in [0.15, 0.2) is 10.7 Å². The fourth-order valence-corrected chi connectivity index (χ4v) is 0.570. The topological polar surface area (TPSA) is 106 Å². The number of hydrogen-bond acceptors (Lipinski definition) is 4. The standard InChI is InChI=1S/C5H4N2O4/c6-4(8)3-2(5(9)10)1-7-11-3/h1H,(H2,6,8)(H,9,10). The number of hydrogen-bond donors (Lipinski definition) is 2. The summed E-state index contributed by atoms with van der Waals surface area (Å²) in [4.78, 5) is 20.7. The van der Waals surface area contributed by atoms with Crippen LogP contribution in [-0.4, -0.2) is 22.1 Å². The van der Waals surface area contributed by atoms with Crippen LogP contribution in [0.2, 0.25) is 0 Å².